The van der Waals surface area contributed by atoms with E-state index in [-0.39, 0.29) is 23.9 Å². The lowest BCUT2D eigenvalue weighted by atomic mass is 9.98. The molecule has 2 fully saturated rings. The van der Waals surface area contributed by atoms with Gasteiger partial charge in [-0.1, -0.05) is 0 Å². The second-order valence-electron chi connectivity index (χ2n) is 2.94. The van der Waals surface area contributed by atoms with Crippen LogP contribution < -0.4 is 0 Å². The summed E-state index contributed by atoms with van der Waals surface area (Å²) >= 11 is 0. The highest BCUT2D eigenvalue weighted by Gasteiger charge is 2.47. The van der Waals surface area contributed by atoms with Gasteiger partial charge >= 0.3 is 5.97 Å². The highest BCUT2D eigenvalue weighted by atomic mass is 16.6. The van der Waals surface area contributed by atoms with Crippen LogP contribution in [0.1, 0.15) is 12.8 Å². The maximum absolute atomic E-state index is 10.8. The number of fused-ring (bicyclic) bond motifs is 2. The SMILES string of the molecule is O=CC1CC2CC1C(=O)O2. The second-order valence-corrected chi connectivity index (χ2v) is 2.94. The summed E-state index contributed by atoms with van der Waals surface area (Å²) in [5.41, 5.74) is 0. The Morgan fingerprint density at radius 3 is 2.70 bits per heavy atom. The Balaban J connectivity index is 2.19. The standard InChI is InChI=1S/C7H8O3/c8-3-4-1-5-2-6(4)7(9)10-5/h3-6H,1-2H2. The zero-order chi connectivity index (χ0) is 7.14. The molecule has 1 aliphatic carbocycles. The second kappa shape index (κ2) is 1.81. The lowest BCUT2D eigenvalue weighted by Gasteiger charge is -2.14. The fourth-order valence-electron chi connectivity index (χ4n) is 1.79. The van der Waals surface area contributed by atoms with Crippen LogP contribution in [0.4, 0.5) is 0 Å². The van der Waals surface area contributed by atoms with Crippen LogP contribution in [0.15, 0.2) is 0 Å². The summed E-state index contributed by atoms with van der Waals surface area (Å²) < 4.78 is 4.89. The van der Waals surface area contributed by atoms with Gasteiger partial charge in [-0.2, -0.15) is 0 Å². The Morgan fingerprint density at radius 2 is 2.30 bits per heavy atom. The lowest BCUT2D eigenvalue weighted by molar-refractivity contribution is -0.151. The maximum Gasteiger partial charge on any atom is 0.310 e. The van der Waals surface area contributed by atoms with Gasteiger partial charge in [0.1, 0.15) is 12.4 Å². The molecule has 3 nitrogen and oxygen atoms in total. The van der Waals surface area contributed by atoms with Crippen molar-refractivity contribution in [3.63, 3.8) is 0 Å². The van der Waals surface area contributed by atoms with Gasteiger partial charge in [-0.05, 0) is 12.8 Å². The first-order valence-electron chi connectivity index (χ1n) is 3.47. The zero-order valence-electron chi connectivity index (χ0n) is 5.45. The van der Waals surface area contributed by atoms with Gasteiger partial charge in [0.05, 0.1) is 5.92 Å². The van der Waals surface area contributed by atoms with Crippen molar-refractivity contribution < 1.29 is 14.3 Å². The monoisotopic (exact) mass is 140 g/mol. The van der Waals surface area contributed by atoms with E-state index < -0.39 is 0 Å². The van der Waals surface area contributed by atoms with Crippen molar-refractivity contribution in [1.29, 1.82) is 0 Å². The maximum atomic E-state index is 10.8. The van der Waals surface area contributed by atoms with Crippen LogP contribution in [0.25, 0.3) is 0 Å². The van der Waals surface area contributed by atoms with Crippen LogP contribution in [-0.4, -0.2) is 18.4 Å². The first kappa shape index (κ1) is 5.89. The molecule has 3 heteroatoms. The van der Waals surface area contributed by atoms with E-state index in [2.05, 4.69) is 0 Å². The van der Waals surface area contributed by atoms with Crippen molar-refractivity contribution in [2.45, 2.75) is 18.9 Å². The fraction of sp³-hybridized carbons (Fsp3) is 0.714. The third-order valence-corrected chi connectivity index (χ3v) is 2.33. The average Bonchev–Trinajstić information content (AvgIpc) is 2.44. The Hall–Kier alpha value is -0.860. The molecule has 3 unspecified atom stereocenters. The minimum absolute atomic E-state index is 0.0488. The third-order valence-electron chi connectivity index (χ3n) is 2.33. The van der Waals surface area contributed by atoms with E-state index in [0.717, 1.165) is 19.1 Å². The predicted molar refractivity (Wildman–Crippen MR) is 32.2 cm³/mol. The summed E-state index contributed by atoms with van der Waals surface area (Å²) in [6.45, 7) is 0. The number of hydrogen-bond acceptors (Lipinski definition) is 3. The van der Waals surface area contributed by atoms with Crippen LogP contribution >= 0.6 is 0 Å². The normalized spacial score (nSPS) is 43.6. The Bertz CT molecular complexity index is 185. The van der Waals surface area contributed by atoms with Gasteiger partial charge in [-0.3, -0.25) is 4.79 Å². The van der Waals surface area contributed by atoms with E-state index in [9.17, 15) is 9.59 Å². The molecule has 1 saturated heterocycles. The van der Waals surface area contributed by atoms with E-state index in [0.29, 0.717) is 0 Å². The summed E-state index contributed by atoms with van der Waals surface area (Å²) in [5.74, 6) is -0.331. The largest absolute Gasteiger partial charge is 0.462 e. The molecular weight excluding hydrogens is 132 g/mol. The minimum Gasteiger partial charge on any atom is -0.462 e. The summed E-state index contributed by atoms with van der Waals surface area (Å²) in [6, 6.07) is 0. The molecule has 1 saturated carbocycles. The van der Waals surface area contributed by atoms with Crippen molar-refractivity contribution in [3.8, 4) is 0 Å². The van der Waals surface area contributed by atoms with Gasteiger partial charge in [0.2, 0.25) is 0 Å². The van der Waals surface area contributed by atoms with E-state index >= 15 is 0 Å². The van der Waals surface area contributed by atoms with E-state index in [1.807, 2.05) is 0 Å². The quantitative estimate of drug-likeness (QED) is 0.384. The van der Waals surface area contributed by atoms with Crippen LogP contribution in [0.2, 0.25) is 0 Å². The molecule has 10 heavy (non-hydrogen) atoms. The van der Waals surface area contributed by atoms with Gasteiger partial charge in [0.25, 0.3) is 0 Å². The van der Waals surface area contributed by atoms with Crippen LogP contribution in [0, 0.1) is 11.8 Å². The molecule has 0 aromatic carbocycles. The number of carbonyl (C=O) groups is 2. The molecule has 3 atom stereocenters. The van der Waals surface area contributed by atoms with Crippen molar-refractivity contribution in [1.82, 2.24) is 0 Å². The Morgan fingerprint density at radius 1 is 1.50 bits per heavy atom. The number of hydrogen-bond donors (Lipinski definition) is 0. The topological polar surface area (TPSA) is 43.4 Å². The molecule has 54 valence electrons. The fourth-order valence-corrected chi connectivity index (χ4v) is 1.79. The molecule has 0 N–H and O–H groups in total. The van der Waals surface area contributed by atoms with E-state index in [1.165, 1.54) is 0 Å². The molecular formula is C7H8O3. The Kier molecular flexibility index (Phi) is 1.07. The van der Waals surface area contributed by atoms with Gasteiger partial charge < -0.3 is 9.53 Å². The van der Waals surface area contributed by atoms with Gasteiger partial charge in [-0.25, -0.2) is 0 Å². The number of rotatable bonds is 1. The predicted octanol–water partition coefficient (Wildman–Crippen LogP) is 0.137. The molecule has 2 rings (SSSR count). The molecule has 2 aliphatic rings. The van der Waals surface area contributed by atoms with Crippen LogP contribution in [-0.2, 0) is 14.3 Å². The van der Waals surface area contributed by atoms with Crippen molar-refractivity contribution in [2.75, 3.05) is 0 Å². The molecule has 0 aromatic heterocycles. The first-order chi connectivity index (χ1) is 4.81. The number of esters is 1. The minimum atomic E-state index is -0.173. The summed E-state index contributed by atoms with van der Waals surface area (Å²) in [5, 5.41) is 0. The average molecular weight is 140 g/mol. The van der Waals surface area contributed by atoms with Crippen molar-refractivity contribution in [2.24, 2.45) is 11.8 Å². The van der Waals surface area contributed by atoms with E-state index in [4.69, 9.17) is 4.74 Å². The number of ether oxygens (including phenoxy) is 1. The van der Waals surface area contributed by atoms with E-state index in [1.54, 1.807) is 0 Å². The lowest BCUT2D eigenvalue weighted by Crippen LogP contribution is -2.23. The molecule has 0 amide bonds. The number of aldehydes is 1. The molecule has 1 aliphatic heterocycles. The van der Waals surface area contributed by atoms with Gasteiger partial charge in [-0.15, -0.1) is 0 Å². The van der Waals surface area contributed by atoms with Crippen molar-refractivity contribution >= 4 is 12.3 Å². The highest BCUT2D eigenvalue weighted by Crippen LogP contribution is 2.39. The number of carbonyl (C=O) groups excluding carboxylic acids is 2. The molecule has 2 bridgehead atoms. The van der Waals surface area contributed by atoms with Crippen LogP contribution in [0.5, 0.6) is 0 Å². The van der Waals surface area contributed by atoms with Crippen LogP contribution in [0.3, 0.4) is 0 Å². The zero-order valence-corrected chi connectivity index (χ0v) is 5.45. The smallest absolute Gasteiger partial charge is 0.310 e. The van der Waals surface area contributed by atoms with Crippen molar-refractivity contribution in [3.05, 3.63) is 0 Å². The summed E-state index contributed by atoms with van der Waals surface area (Å²) in [4.78, 5) is 21.2. The van der Waals surface area contributed by atoms with Gasteiger partial charge in [0.15, 0.2) is 0 Å². The van der Waals surface area contributed by atoms with Gasteiger partial charge in [0, 0.05) is 5.92 Å². The summed E-state index contributed by atoms with van der Waals surface area (Å²) in [6.07, 6.45) is 2.44. The molecule has 1 heterocycles. The first-order valence-corrected chi connectivity index (χ1v) is 3.47. The Labute approximate surface area is 58.4 Å². The molecule has 0 spiro atoms. The third kappa shape index (κ3) is 0.602. The summed E-state index contributed by atoms with van der Waals surface area (Å²) in [7, 11) is 0. The molecule has 0 aromatic rings. The highest BCUT2D eigenvalue weighted by molar-refractivity contribution is 5.80. The molecule has 0 radical (unpaired) electrons.